The van der Waals surface area contributed by atoms with Gasteiger partial charge in [-0.2, -0.15) is 0 Å². The van der Waals surface area contributed by atoms with Crippen molar-refractivity contribution in [3.05, 3.63) is 12.2 Å². The number of unbranched alkanes of at least 4 members (excludes halogenated alkanes) is 2. The summed E-state index contributed by atoms with van der Waals surface area (Å²) in [6.45, 7) is 4.13. The normalized spacial score (nSPS) is 22.0. The second-order valence-electron chi connectivity index (χ2n) is 7.02. The van der Waals surface area contributed by atoms with Crippen molar-refractivity contribution in [3.8, 4) is 0 Å². The fourth-order valence-corrected chi connectivity index (χ4v) is 3.34. The molecule has 0 aliphatic heterocycles. The molecule has 136 valence electrons. The molecule has 4 heteroatoms. The molecule has 24 heavy (non-hydrogen) atoms. The number of carbonyl (C=O) groups is 3. The van der Waals surface area contributed by atoms with Gasteiger partial charge in [0.15, 0.2) is 5.78 Å². The highest BCUT2D eigenvalue weighted by Crippen LogP contribution is 2.34. The first-order valence-electron chi connectivity index (χ1n) is 9.28. The number of esters is 1. The summed E-state index contributed by atoms with van der Waals surface area (Å²) in [7, 11) is 1.40. The average molecular weight is 336 g/mol. The van der Waals surface area contributed by atoms with Gasteiger partial charge >= 0.3 is 5.97 Å². The lowest BCUT2D eigenvalue weighted by atomic mass is 9.87. The van der Waals surface area contributed by atoms with Gasteiger partial charge in [0.1, 0.15) is 5.78 Å². The summed E-state index contributed by atoms with van der Waals surface area (Å²) in [6, 6.07) is 0. The first kappa shape index (κ1) is 20.6. The van der Waals surface area contributed by atoms with Gasteiger partial charge in [-0.15, -0.1) is 0 Å². The smallest absolute Gasteiger partial charge is 0.305 e. The first-order chi connectivity index (χ1) is 11.5. The lowest BCUT2D eigenvalue weighted by Crippen LogP contribution is -2.16. The highest BCUT2D eigenvalue weighted by molar-refractivity contribution is 5.90. The number of ketones is 2. The summed E-state index contributed by atoms with van der Waals surface area (Å²) >= 11 is 0. The van der Waals surface area contributed by atoms with Crippen LogP contribution in [0.5, 0.6) is 0 Å². The summed E-state index contributed by atoms with van der Waals surface area (Å²) in [5.41, 5.74) is 0. The highest BCUT2D eigenvalue weighted by atomic mass is 16.5. The summed E-state index contributed by atoms with van der Waals surface area (Å²) < 4.78 is 4.69. The van der Waals surface area contributed by atoms with E-state index in [1.165, 1.54) is 7.11 Å². The van der Waals surface area contributed by atoms with Crippen LogP contribution in [0, 0.1) is 17.8 Å². The molecular formula is C20H32O4. The molecule has 0 radical (unpaired) electrons. The van der Waals surface area contributed by atoms with Gasteiger partial charge < -0.3 is 4.74 Å². The van der Waals surface area contributed by atoms with E-state index in [-0.39, 0.29) is 29.5 Å². The Hall–Kier alpha value is -1.45. The zero-order valence-corrected chi connectivity index (χ0v) is 15.4. The molecule has 0 saturated heterocycles. The molecular weight excluding hydrogens is 304 g/mol. The topological polar surface area (TPSA) is 60.4 Å². The van der Waals surface area contributed by atoms with Crippen LogP contribution in [-0.4, -0.2) is 24.6 Å². The predicted octanol–water partition coefficient (Wildman–Crippen LogP) is 4.27. The number of ether oxygens (including phenoxy) is 1. The zero-order chi connectivity index (χ0) is 17.9. The number of hydrogen-bond donors (Lipinski definition) is 0. The molecule has 4 nitrogen and oxygen atoms in total. The maximum Gasteiger partial charge on any atom is 0.305 e. The highest BCUT2D eigenvalue weighted by Gasteiger charge is 2.32. The van der Waals surface area contributed by atoms with Crippen molar-refractivity contribution in [1.82, 2.24) is 0 Å². The van der Waals surface area contributed by atoms with Crippen molar-refractivity contribution in [2.45, 2.75) is 71.6 Å². The van der Waals surface area contributed by atoms with Crippen LogP contribution in [0.15, 0.2) is 12.2 Å². The maximum absolute atomic E-state index is 12.1. The Morgan fingerprint density at radius 2 is 2.08 bits per heavy atom. The summed E-state index contributed by atoms with van der Waals surface area (Å²) in [5.74, 6) is 0.664. The van der Waals surface area contributed by atoms with Crippen molar-refractivity contribution < 1.29 is 19.1 Å². The molecule has 1 unspecified atom stereocenters. The van der Waals surface area contributed by atoms with Gasteiger partial charge in [-0.05, 0) is 43.6 Å². The Bertz CT molecular complexity index is 453. The Kier molecular flexibility index (Phi) is 9.58. The molecule has 1 rings (SSSR count). The van der Waals surface area contributed by atoms with Gasteiger partial charge in [0, 0.05) is 25.2 Å². The molecule has 0 amide bonds. The van der Waals surface area contributed by atoms with Gasteiger partial charge in [0.25, 0.3) is 0 Å². The van der Waals surface area contributed by atoms with Crippen LogP contribution in [-0.2, 0) is 19.1 Å². The number of methoxy groups -OCH3 is 1. The Morgan fingerprint density at radius 3 is 2.75 bits per heavy atom. The molecule has 1 aliphatic carbocycles. The Morgan fingerprint density at radius 1 is 1.33 bits per heavy atom. The van der Waals surface area contributed by atoms with E-state index in [1.54, 1.807) is 6.08 Å². The first-order valence-corrected chi connectivity index (χ1v) is 9.28. The molecule has 0 spiro atoms. The maximum atomic E-state index is 12.1. The Labute approximate surface area is 146 Å². The van der Waals surface area contributed by atoms with Crippen LogP contribution in [0.25, 0.3) is 0 Å². The van der Waals surface area contributed by atoms with Gasteiger partial charge in [-0.1, -0.05) is 32.8 Å². The van der Waals surface area contributed by atoms with E-state index in [2.05, 4.69) is 11.7 Å². The molecule has 0 heterocycles. The molecule has 1 aliphatic rings. The molecule has 0 aromatic carbocycles. The van der Waals surface area contributed by atoms with Crippen molar-refractivity contribution >= 4 is 17.5 Å². The molecule has 0 bridgehead atoms. The van der Waals surface area contributed by atoms with Crippen LogP contribution < -0.4 is 0 Å². The number of allylic oxidation sites excluding steroid dienone is 2. The quantitative estimate of drug-likeness (QED) is 0.321. The van der Waals surface area contributed by atoms with E-state index in [0.717, 1.165) is 38.5 Å². The molecule has 3 atom stereocenters. The number of rotatable bonds is 11. The lowest BCUT2D eigenvalue weighted by molar-refractivity contribution is -0.141. The third kappa shape index (κ3) is 7.41. The van der Waals surface area contributed by atoms with E-state index in [9.17, 15) is 14.4 Å². The van der Waals surface area contributed by atoms with Crippen LogP contribution in [0.4, 0.5) is 0 Å². The van der Waals surface area contributed by atoms with Gasteiger partial charge in [0.2, 0.25) is 0 Å². The van der Waals surface area contributed by atoms with Crippen molar-refractivity contribution in [3.63, 3.8) is 0 Å². The summed E-state index contributed by atoms with van der Waals surface area (Å²) in [4.78, 5) is 35.3. The molecule has 0 aromatic heterocycles. The summed E-state index contributed by atoms with van der Waals surface area (Å²) in [5, 5.41) is 0. The van der Waals surface area contributed by atoms with Crippen molar-refractivity contribution in [2.24, 2.45) is 17.8 Å². The Balaban J connectivity index is 2.45. The van der Waals surface area contributed by atoms with Crippen LogP contribution in [0.1, 0.15) is 71.6 Å². The van der Waals surface area contributed by atoms with Gasteiger partial charge in [-0.3, -0.25) is 14.4 Å². The zero-order valence-electron chi connectivity index (χ0n) is 15.4. The fraction of sp³-hybridized carbons (Fsp3) is 0.750. The number of Topliss-reactive ketones (excluding diaryl/α,β-unsaturated/α-hetero) is 1. The molecule has 0 aromatic rings. The van der Waals surface area contributed by atoms with E-state index in [0.29, 0.717) is 25.0 Å². The van der Waals surface area contributed by atoms with E-state index >= 15 is 0 Å². The fourth-order valence-electron chi connectivity index (χ4n) is 3.34. The second-order valence-corrected chi connectivity index (χ2v) is 7.02. The molecule has 1 saturated carbocycles. The third-order valence-corrected chi connectivity index (χ3v) is 4.92. The minimum atomic E-state index is -0.200. The minimum absolute atomic E-state index is 0.00443. The van der Waals surface area contributed by atoms with Crippen molar-refractivity contribution in [2.75, 3.05) is 7.11 Å². The number of carbonyl (C=O) groups excluding carboxylic acids is 3. The summed E-state index contributed by atoms with van der Waals surface area (Å²) in [6.07, 6.45) is 10.8. The molecule has 0 N–H and O–H groups in total. The SMILES string of the molecule is CCCCCC(=O)C=C[C@H]1CCC(=O)[C@H]1CCC(C)CC(=O)OC. The second kappa shape index (κ2) is 11.2. The van der Waals surface area contributed by atoms with E-state index < -0.39 is 0 Å². The predicted molar refractivity (Wildman–Crippen MR) is 94.5 cm³/mol. The van der Waals surface area contributed by atoms with Crippen LogP contribution >= 0.6 is 0 Å². The van der Waals surface area contributed by atoms with Crippen LogP contribution in [0.2, 0.25) is 0 Å². The van der Waals surface area contributed by atoms with Gasteiger partial charge in [0.05, 0.1) is 7.11 Å². The van der Waals surface area contributed by atoms with Crippen molar-refractivity contribution in [1.29, 1.82) is 0 Å². The minimum Gasteiger partial charge on any atom is -0.469 e. The van der Waals surface area contributed by atoms with E-state index in [4.69, 9.17) is 0 Å². The van der Waals surface area contributed by atoms with Crippen LogP contribution in [0.3, 0.4) is 0 Å². The average Bonchev–Trinajstić information content (AvgIpc) is 2.91. The standard InChI is InChI=1S/C20H32O4/c1-4-5-6-7-17(21)11-9-16-10-13-19(22)18(16)12-8-15(2)14-20(23)24-3/h9,11,15-16,18H,4-8,10,12-14H2,1-3H3/t15?,16-,18-/m0/s1. The van der Waals surface area contributed by atoms with E-state index in [1.807, 2.05) is 13.0 Å². The lowest BCUT2D eigenvalue weighted by Gasteiger charge is -2.17. The molecule has 1 fully saturated rings. The monoisotopic (exact) mass is 336 g/mol. The largest absolute Gasteiger partial charge is 0.469 e. The van der Waals surface area contributed by atoms with Gasteiger partial charge in [-0.25, -0.2) is 0 Å². The third-order valence-electron chi connectivity index (χ3n) is 4.92. The number of hydrogen-bond acceptors (Lipinski definition) is 4.